The minimum absolute atomic E-state index is 0.562. The van der Waals surface area contributed by atoms with Crippen molar-refractivity contribution in [2.45, 2.75) is 6.92 Å². The van der Waals surface area contributed by atoms with Crippen molar-refractivity contribution in [2.75, 3.05) is 6.54 Å². The Balaban J connectivity index is 2.38. The monoisotopic (exact) mass is 301 g/mol. The van der Waals surface area contributed by atoms with Crippen molar-refractivity contribution < 1.29 is 0 Å². The van der Waals surface area contributed by atoms with E-state index in [1.807, 2.05) is 43.3 Å². The minimum atomic E-state index is 0.562. The Hall–Kier alpha value is -1.75. The van der Waals surface area contributed by atoms with Crippen LogP contribution in [0.25, 0.3) is 0 Å². The summed E-state index contributed by atoms with van der Waals surface area (Å²) in [5, 5.41) is 1.16. The van der Waals surface area contributed by atoms with Crippen molar-refractivity contribution in [3.8, 4) is 11.8 Å². The third-order valence-electron chi connectivity index (χ3n) is 2.60. The first-order chi connectivity index (χ1) is 9.70. The molecule has 3 heteroatoms. The summed E-state index contributed by atoms with van der Waals surface area (Å²) < 4.78 is 0. The molecule has 0 fully saturated rings. The fourth-order valence-electron chi connectivity index (χ4n) is 1.68. The van der Waals surface area contributed by atoms with E-state index in [0.717, 1.165) is 11.1 Å². The van der Waals surface area contributed by atoms with Crippen LogP contribution in [0.5, 0.6) is 0 Å². The van der Waals surface area contributed by atoms with Crippen LogP contribution >= 0.6 is 23.2 Å². The number of aliphatic imine (C=N–C) groups is 1. The van der Waals surface area contributed by atoms with Crippen LogP contribution in [0.4, 0.5) is 0 Å². The molecule has 0 saturated heterocycles. The molecule has 0 amide bonds. The third kappa shape index (κ3) is 3.87. The zero-order valence-electron chi connectivity index (χ0n) is 11.0. The molecular formula is C17H13Cl2N. The average molecular weight is 302 g/mol. The van der Waals surface area contributed by atoms with Crippen LogP contribution in [0, 0.1) is 11.8 Å². The van der Waals surface area contributed by atoms with E-state index in [2.05, 4.69) is 16.8 Å². The van der Waals surface area contributed by atoms with Crippen molar-refractivity contribution in [1.29, 1.82) is 0 Å². The first-order valence-corrected chi connectivity index (χ1v) is 7.03. The van der Waals surface area contributed by atoms with Crippen LogP contribution in [-0.4, -0.2) is 12.3 Å². The standard InChI is InChI=1S/C17H13Cl2N/c1-2-20-17(11-8-13-6-4-3-5-7-13)15-10-9-14(18)12-16(15)19/h3-7,9-10,12H,2H2,1H3. The predicted molar refractivity (Wildman–Crippen MR) is 86.9 cm³/mol. The summed E-state index contributed by atoms with van der Waals surface area (Å²) in [6, 6.07) is 15.1. The summed E-state index contributed by atoms with van der Waals surface area (Å²) in [4.78, 5) is 4.42. The van der Waals surface area contributed by atoms with E-state index < -0.39 is 0 Å². The second kappa shape index (κ2) is 7.14. The average Bonchev–Trinajstić information content (AvgIpc) is 2.45. The molecule has 0 radical (unpaired) electrons. The lowest BCUT2D eigenvalue weighted by Crippen LogP contribution is -2.00. The first-order valence-electron chi connectivity index (χ1n) is 6.27. The summed E-state index contributed by atoms with van der Waals surface area (Å²) in [7, 11) is 0. The van der Waals surface area contributed by atoms with Crippen molar-refractivity contribution >= 4 is 28.9 Å². The number of nitrogens with zero attached hydrogens (tertiary/aromatic N) is 1. The molecule has 0 aliphatic heterocycles. The van der Waals surface area contributed by atoms with Crippen molar-refractivity contribution in [2.24, 2.45) is 4.99 Å². The van der Waals surface area contributed by atoms with Crippen molar-refractivity contribution in [1.82, 2.24) is 0 Å². The maximum absolute atomic E-state index is 6.21. The number of rotatable bonds is 2. The summed E-state index contributed by atoms with van der Waals surface area (Å²) in [5.74, 6) is 6.18. The van der Waals surface area contributed by atoms with E-state index in [1.165, 1.54) is 0 Å². The molecule has 0 aliphatic rings. The summed E-state index contributed by atoms with van der Waals surface area (Å²) >= 11 is 12.1. The number of halogens is 2. The Labute approximate surface area is 129 Å². The van der Waals surface area contributed by atoms with Gasteiger partial charge < -0.3 is 0 Å². The topological polar surface area (TPSA) is 12.4 Å². The molecule has 0 heterocycles. The van der Waals surface area contributed by atoms with E-state index in [9.17, 15) is 0 Å². The second-order valence-corrected chi connectivity index (χ2v) is 4.91. The Kier molecular flexibility index (Phi) is 5.24. The van der Waals surface area contributed by atoms with Crippen LogP contribution in [0.3, 0.4) is 0 Å². The lowest BCUT2D eigenvalue weighted by atomic mass is 10.1. The fraction of sp³-hybridized carbons (Fsp3) is 0.118. The highest BCUT2D eigenvalue weighted by molar-refractivity contribution is 6.38. The van der Waals surface area contributed by atoms with Crippen LogP contribution < -0.4 is 0 Å². The molecule has 2 aromatic carbocycles. The Morgan fingerprint density at radius 1 is 1.10 bits per heavy atom. The molecule has 0 unspecified atom stereocenters. The minimum Gasteiger partial charge on any atom is -0.276 e. The highest BCUT2D eigenvalue weighted by atomic mass is 35.5. The zero-order chi connectivity index (χ0) is 14.4. The summed E-state index contributed by atoms with van der Waals surface area (Å²) in [5.41, 5.74) is 2.43. The van der Waals surface area contributed by atoms with E-state index >= 15 is 0 Å². The lowest BCUT2D eigenvalue weighted by Gasteiger charge is -2.03. The normalized spacial score (nSPS) is 10.8. The van der Waals surface area contributed by atoms with E-state index in [-0.39, 0.29) is 0 Å². The van der Waals surface area contributed by atoms with Crippen molar-refractivity contribution in [3.05, 3.63) is 69.7 Å². The Morgan fingerprint density at radius 3 is 2.50 bits per heavy atom. The fourth-order valence-corrected chi connectivity index (χ4v) is 2.18. The molecule has 0 aromatic heterocycles. The Morgan fingerprint density at radius 2 is 1.85 bits per heavy atom. The highest BCUT2D eigenvalue weighted by Crippen LogP contribution is 2.21. The van der Waals surface area contributed by atoms with Gasteiger partial charge in [-0.15, -0.1) is 0 Å². The highest BCUT2D eigenvalue weighted by Gasteiger charge is 2.06. The zero-order valence-corrected chi connectivity index (χ0v) is 12.5. The van der Waals surface area contributed by atoms with E-state index in [4.69, 9.17) is 23.2 Å². The summed E-state index contributed by atoms with van der Waals surface area (Å²) in [6.07, 6.45) is 0. The molecule has 0 saturated carbocycles. The van der Waals surface area contributed by atoms with Gasteiger partial charge in [0.2, 0.25) is 0 Å². The SMILES string of the molecule is CCN=C(C#Cc1ccccc1)c1ccc(Cl)cc1Cl. The van der Waals surface area contributed by atoms with Gasteiger partial charge in [-0.25, -0.2) is 0 Å². The molecule has 100 valence electrons. The van der Waals surface area contributed by atoms with Gasteiger partial charge in [0.25, 0.3) is 0 Å². The lowest BCUT2D eigenvalue weighted by molar-refractivity contribution is 1.13. The number of hydrogen-bond donors (Lipinski definition) is 0. The maximum atomic E-state index is 6.21. The largest absolute Gasteiger partial charge is 0.276 e. The van der Waals surface area contributed by atoms with Crippen LogP contribution in [0.2, 0.25) is 10.0 Å². The van der Waals surface area contributed by atoms with Gasteiger partial charge in [-0.2, -0.15) is 0 Å². The van der Waals surface area contributed by atoms with Crippen LogP contribution in [0.15, 0.2) is 53.5 Å². The van der Waals surface area contributed by atoms with Gasteiger partial charge in [0.05, 0.1) is 5.02 Å². The molecule has 0 N–H and O–H groups in total. The van der Waals surface area contributed by atoms with Crippen LogP contribution in [0.1, 0.15) is 18.1 Å². The molecule has 0 bridgehead atoms. The molecule has 0 aliphatic carbocycles. The molecular weight excluding hydrogens is 289 g/mol. The van der Waals surface area contributed by atoms with Gasteiger partial charge in [0.15, 0.2) is 0 Å². The third-order valence-corrected chi connectivity index (χ3v) is 3.15. The van der Waals surface area contributed by atoms with Gasteiger partial charge in [-0.1, -0.05) is 47.3 Å². The van der Waals surface area contributed by atoms with Gasteiger partial charge in [0, 0.05) is 22.7 Å². The van der Waals surface area contributed by atoms with Gasteiger partial charge in [0.1, 0.15) is 5.71 Å². The number of benzene rings is 2. The number of hydrogen-bond acceptors (Lipinski definition) is 1. The summed E-state index contributed by atoms with van der Waals surface area (Å²) in [6.45, 7) is 2.62. The van der Waals surface area contributed by atoms with E-state index in [0.29, 0.717) is 22.3 Å². The molecule has 1 nitrogen and oxygen atoms in total. The molecule has 2 aromatic rings. The van der Waals surface area contributed by atoms with Gasteiger partial charge in [-0.05, 0) is 43.2 Å². The molecule has 2 rings (SSSR count). The first kappa shape index (κ1) is 14.7. The predicted octanol–water partition coefficient (Wildman–Crippen LogP) is 4.85. The second-order valence-electron chi connectivity index (χ2n) is 4.06. The molecule has 0 atom stereocenters. The molecule has 0 spiro atoms. The smallest absolute Gasteiger partial charge is 0.116 e. The maximum Gasteiger partial charge on any atom is 0.116 e. The van der Waals surface area contributed by atoms with E-state index in [1.54, 1.807) is 12.1 Å². The van der Waals surface area contributed by atoms with Gasteiger partial charge >= 0.3 is 0 Å². The van der Waals surface area contributed by atoms with Crippen molar-refractivity contribution in [3.63, 3.8) is 0 Å². The van der Waals surface area contributed by atoms with Gasteiger partial charge in [-0.3, -0.25) is 4.99 Å². The molecule has 20 heavy (non-hydrogen) atoms. The quantitative estimate of drug-likeness (QED) is 0.555. The van der Waals surface area contributed by atoms with Crippen LogP contribution in [-0.2, 0) is 0 Å². The Bertz CT molecular complexity index is 679.